The van der Waals surface area contributed by atoms with Crippen molar-refractivity contribution >= 4 is 5.97 Å². The van der Waals surface area contributed by atoms with Gasteiger partial charge in [0.15, 0.2) is 5.60 Å². The van der Waals surface area contributed by atoms with Gasteiger partial charge in [0, 0.05) is 13.5 Å². The van der Waals surface area contributed by atoms with Gasteiger partial charge >= 0.3 is 5.97 Å². The van der Waals surface area contributed by atoms with Crippen LogP contribution in [0.25, 0.3) is 0 Å². The molecule has 0 radical (unpaired) electrons. The van der Waals surface area contributed by atoms with Gasteiger partial charge in [-0.25, -0.2) is 0 Å². The van der Waals surface area contributed by atoms with Crippen molar-refractivity contribution in [2.24, 2.45) is 0 Å². The molecular weight excluding hydrogens is 208 g/mol. The van der Waals surface area contributed by atoms with Crippen LogP contribution in [0, 0.1) is 0 Å². The number of hydrogen-bond acceptors (Lipinski definition) is 4. The molecule has 0 amide bonds. The van der Waals surface area contributed by atoms with E-state index in [1.54, 1.807) is 14.0 Å². The van der Waals surface area contributed by atoms with Crippen LogP contribution in [0.4, 0.5) is 0 Å². The number of allylic oxidation sites excluding steroid dienone is 1. The van der Waals surface area contributed by atoms with E-state index in [0.29, 0.717) is 19.4 Å². The Kier molecular flexibility index (Phi) is 7.85. The monoisotopic (exact) mass is 230 g/mol. The molecule has 0 aliphatic rings. The molecule has 0 rings (SSSR count). The Morgan fingerprint density at radius 3 is 2.50 bits per heavy atom. The minimum atomic E-state index is -0.666. The Balaban J connectivity index is 4.50. The molecule has 1 unspecified atom stereocenters. The van der Waals surface area contributed by atoms with Gasteiger partial charge < -0.3 is 14.2 Å². The van der Waals surface area contributed by atoms with E-state index in [-0.39, 0.29) is 12.8 Å². The van der Waals surface area contributed by atoms with Gasteiger partial charge in [-0.2, -0.15) is 0 Å². The topological polar surface area (TPSA) is 44.8 Å². The first kappa shape index (κ1) is 15.1. The summed E-state index contributed by atoms with van der Waals surface area (Å²) < 4.78 is 15.5. The molecule has 0 bridgehead atoms. The molecular formula is C12H22O4. The first-order valence-corrected chi connectivity index (χ1v) is 5.56. The minimum absolute atomic E-state index is 0.197. The third-order valence-corrected chi connectivity index (χ3v) is 2.22. The maximum absolute atomic E-state index is 11.4. The number of carbonyl (C=O) groups excluding carboxylic acids is 1. The second-order valence-corrected chi connectivity index (χ2v) is 3.50. The van der Waals surface area contributed by atoms with Gasteiger partial charge in [0.25, 0.3) is 0 Å². The predicted octanol–water partition coefficient (Wildman–Crippen LogP) is 2.29. The van der Waals surface area contributed by atoms with Gasteiger partial charge in [-0.3, -0.25) is 4.79 Å². The average molecular weight is 230 g/mol. The van der Waals surface area contributed by atoms with Crippen LogP contribution in [0.3, 0.4) is 0 Å². The molecule has 0 aromatic heterocycles. The van der Waals surface area contributed by atoms with Crippen LogP contribution < -0.4 is 0 Å². The van der Waals surface area contributed by atoms with Gasteiger partial charge in [0.05, 0.1) is 6.61 Å². The van der Waals surface area contributed by atoms with E-state index in [2.05, 4.69) is 0 Å². The molecule has 94 valence electrons. The summed E-state index contributed by atoms with van der Waals surface area (Å²) in [6, 6.07) is 0. The summed E-state index contributed by atoms with van der Waals surface area (Å²) in [7, 11) is 1.56. The largest absolute Gasteiger partial charge is 0.452 e. The summed E-state index contributed by atoms with van der Waals surface area (Å²) in [6.07, 6.45) is 4.76. The highest BCUT2D eigenvalue weighted by Crippen LogP contribution is 2.20. The molecule has 0 heterocycles. The molecule has 4 nitrogen and oxygen atoms in total. The Morgan fingerprint density at radius 1 is 1.38 bits per heavy atom. The van der Waals surface area contributed by atoms with Gasteiger partial charge in [-0.1, -0.05) is 19.9 Å². The van der Waals surface area contributed by atoms with Crippen molar-refractivity contribution in [1.29, 1.82) is 0 Å². The van der Waals surface area contributed by atoms with Crippen LogP contribution in [0.1, 0.15) is 33.6 Å². The summed E-state index contributed by atoms with van der Waals surface area (Å²) in [5, 5.41) is 0. The molecule has 16 heavy (non-hydrogen) atoms. The zero-order valence-electron chi connectivity index (χ0n) is 10.6. The number of carbonyl (C=O) groups is 1. The fourth-order valence-electron chi connectivity index (χ4n) is 1.30. The van der Waals surface area contributed by atoms with Crippen molar-refractivity contribution in [1.82, 2.24) is 0 Å². The maximum Gasteiger partial charge on any atom is 0.306 e. The molecule has 0 aliphatic carbocycles. The first-order chi connectivity index (χ1) is 7.64. The van der Waals surface area contributed by atoms with Crippen LogP contribution in [-0.4, -0.2) is 32.1 Å². The van der Waals surface area contributed by atoms with E-state index >= 15 is 0 Å². The number of hydrogen-bond donors (Lipinski definition) is 0. The molecule has 0 aromatic rings. The van der Waals surface area contributed by atoms with E-state index in [1.807, 2.05) is 26.0 Å². The molecule has 0 saturated heterocycles. The summed E-state index contributed by atoms with van der Waals surface area (Å²) in [5.41, 5.74) is -0.666. The fourth-order valence-corrected chi connectivity index (χ4v) is 1.30. The smallest absolute Gasteiger partial charge is 0.306 e. The first-order valence-electron chi connectivity index (χ1n) is 5.56. The normalized spacial score (nSPS) is 15.0. The molecule has 0 N–H and O–H groups in total. The Labute approximate surface area is 97.6 Å². The van der Waals surface area contributed by atoms with Crippen LogP contribution >= 0.6 is 0 Å². The van der Waals surface area contributed by atoms with E-state index < -0.39 is 5.60 Å². The second kappa shape index (κ2) is 8.30. The van der Waals surface area contributed by atoms with E-state index in [1.165, 1.54) is 0 Å². The van der Waals surface area contributed by atoms with Crippen molar-refractivity contribution in [3.63, 3.8) is 0 Å². The molecule has 4 heteroatoms. The molecule has 0 aliphatic heterocycles. The maximum atomic E-state index is 11.4. The lowest BCUT2D eigenvalue weighted by atomic mass is 10.0. The molecule has 0 aromatic carbocycles. The van der Waals surface area contributed by atoms with Crippen LogP contribution in [0.5, 0.6) is 0 Å². The number of ether oxygens (including phenoxy) is 3. The number of esters is 1. The van der Waals surface area contributed by atoms with Crippen molar-refractivity contribution in [3.8, 4) is 0 Å². The second-order valence-electron chi connectivity index (χ2n) is 3.50. The van der Waals surface area contributed by atoms with Crippen LogP contribution in [-0.2, 0) is 19.0 Å². The third kappa shape index (κ3) is 5.28. The van der Waals surface area contributed by atoms with E-state index in [9.17, 15) is 4.79 Å². The summed E-state index contributed by atoms with van der Waals surface area (Å²) in [4.78, 5) is 11.4. The highest BCUT2D eigenvalue weighted by atomic mass is 16.7. The minimum Gasteiger partial charge on any atom is -0.452 e. The van der Waals surface area contributed by atoms with E-state index in [0.717, 1.165) is 0 Å². The Morgan fingerprint density at radius 2 is 2.06 bits per heavy atom. The molecule has 0 saturated carbocycles. The highest BCUT2D eigenvalue weighted by Gasteiger charge is 2.29. The van der Waals surface area contributed by atoms with Crippen molar-refractivity contribution in [2.75, 3.05) is 20.5 Å². The third-order valence-electron chi connectivity index (χ3n) is 2.22. The standard InChI is InChI=1S/C12H22O4/c1-5-8-12(7-3,9-15-10-14-4)16-11(13)6-2/h5,8H,6-7,9-10H2,1-4H3/b8-5+. The predicted molar refractivity (Wildman–Crippen MR) is 62.0 cm³/mol. The lowest BCUT2D eigenvalue weighted by Crippen LogP contribution is -2.37. The summed E-state index contributed by atoms with van der Waals surface area (Å²) in [6.45, 7) is 6.13. The summed E-state index contributed by atoms with van der Waals surface area (Å²) in [5.74, 6) is -0.221. The van der Waals surface area contributed by atoms with Gasteiger partial charge in [-0.15, -0.1) is 0 Å². The summed E-state index contributed by atoms with van der Waals surface area (Å²) >= 11 is 0. The lowest BCUT2D eigenvalue weighted by molar-refractivity contribution is -0.164. The Bertz CT molecular complexity index is 225. The van der Waals surface area contributed by atoms with Crippen LogP contribution in [0.2, 0.25) is 0 Å². The van der Waals surface area contributed by atoms with Crippen LogP contribution in [0.15, 0.2) is 12.2 Å². The molecule has 0 fully saturated rings. The van der Waals surface area contributed by atoms with Gasteiger partial charge in [0.2, 0.25) is 0 Å². The average Bonchev–Trinajstić information content (AvgIpc) is 2.29. The Hall–Kier alpha value is -0.870. The SMILES string of the molecule is C/C=C/C(CC)(COCOC)OC(=O)CC. The number of methoxy groups -OCH3 is 1. The van der Waals surface area contributed by atoms with Crippen molar-refractivity contribution < 1.29 is 19.0 Å². The lowest BCUT2D eigenvalue weighted by Gasteiger charge is -2.29. The van der Waals surface area contributed by atoms with Crippen molar-refractivity contribution in [2.45, 2.75) is 39.2 Å². The van der Waals surface area contributed by atoms with Crippen molar-refractivity contribution in [3.05, 3.63) is 12.2 Å². The van der Waals surface area contributed by atoms with E-state index in [4.69, 9.17) is 14.2 Å². The molecule has 1 atom stereocenters. The number of rotatable bonds is 8. The van der Waals surface area contributed by atoms with Gasteiger partial charge in [-0.05, 0) is 19.4 Å². The van der Waals surface area contributed by atoms with Gasteiger partial charge in [0.1, 0.15) is 6.79 Å². The molecule has 0 spiro atoms. The quantitative estimate of drug-likeness (QED) is 0.278. The zero-order chi connectivity index (χ0) is 12.4. The zero-order valence-corrected chi connectivity index (χ0v) is 10.6. The fraction of sp³-hybridized carbons (Fsp3) is 0.750. The highest BCUT2D eigenvalue weighted by molar-refractivity contribution is 5.69.